The second kappa shape index (κ2) is 2.73. The Kier molecular flexibility index (Phi) is 2.04. The molecule has 1 heterocycles. The lowest BCUT2D eigenvalue weighted by Gasteiger charge is -2.08. The standard InChI is InChI=1S/C7H7F3N2/c1-4-3-11-5(2)12-6(4)7(8,9)10/h3H,1-2H3. The highest BCUT2D eigenvalue weighted by Crippen LogP contribution is 2.29. The van der Waals surface area contributed by atoms with Crippen LogP contribution in [0.1, 0.15) is 17.1 Å². The summed E-state index contributed by atoms with van der Waals surface area (Å²) in [6.07, 6.45) is -3.21. The molecule has 1 aromatic heterocycles. The molecule has 0 bridgehead atoms. The molecule has 0 saturated carbocycles. The van der Waals surface area contributed by atoms with Gasteiger partial charge in [-0.2, -0.15) is 13.2 Å². The minimum absolute atomic E-state index is 0.0492. The van der Waals surface area contributed by atoms with Crippen molar-refractivity contribution in [3.8, 4) is 0 Å². The molecule has 0 spiro atoms. The Morgan fingerprint density at radius 2 is 1.83 bits per heavy atom. The fourth-order valence-electron chi connectivity index (χ4n) is 0.817. The molecule has 2 nitrogen and oxygen atoms in total. The molecule has 0 atom stereocenters. The van der Waals surface area contributed by atoms with Gasteiger partial charge in [0.15, 0.2) is 5.69 Å². The van der Waals surface area contributed by atoms with Crippen molar-refractivity contribution in [2.45, 2.75) is 20.0 Å². The fourth-order valence-corrected chi connectivity index (χ4v) is 0.817. The van der Waals surface area contributed by atoms with Crippen LogP contribution in [-0.2, 0) is 6.18 Å². The van der Waals surface area contributed by atoms with Crippen LogP contribution in [0.15, 0.2) is 6.20 Å². The third-order valence-corrected chi connectivity index (χ3v) is 1.36. The number of halogens is 3. The Balaban J connectivity index is 3.23. The summed E-state index contributed by atoms with van der Waals surface area (Å²) < 4.78 is 36.4. The first-order chi connectivity index (χ1) is 5.41. The van der Waals surface area contributed by atoms with Gasteiger partial charge in [0, 0.05) is 6.20 Å². The van der Waals surface area contributed by atoms with Gasteiger partial charge < -0.3 is 0 Å². The van der Waals surface area contributed by atoms with Gasteiger partial charge in [-0.05, 0) is 19.4 Å². The van der Waals surface area contributed by atoms with Crippen LogP contribution in [0, 0.1) is 13.8 Å². The highest BCUT2D eigenvalue weighted by molar-refractivity contribution is 5.18. The van der Waals surface area contributed by atoms with E-state index in [0.717, 1.165) is 0 Å². The molecule has 66 valence electrons. The maximum Gasteiger partial charge on any atom is 0.433 e. The minimum atomic E-state index is -4.38. The zero-order valence-electron chi connectivity index (χ0n) is 6.61. The number of aromatic nitrogens is 2. The molecule has 0 N–H and O–H groups in total. The van der Waals surface area contributed by atoms with Crippen molar-refractivity contribution in [1.82, 2.24) is 9.97 Å². The van der Waals surface area contributed by atoms with Crippen LogP contribution in [0.5, 0.6) is 0 Å². The first-order valence-corrected chi connectivity index (χ1v) is 3.28. The molecule has 0 aliphatic carbocycles. The third-order valence-electron chi connectivity index (χ3n) is 1.36. The van der Waals surface area contributed by atoms with Crippen molar-refractivity contribution < 1.29 is 13.2 Å². The average molecular weight is 176 g/mol. The van der Waals surface area contributed by atoms with E-state index in [1.54, 1.807) is 0 Å². The van der Waals surface area contributed by atoms with E-state index in [1.165, 1.54) is 20.0 Å². The molecule has 0 saturated heterocycles. The van der Waals surface area contributed by atoms with Crippen molar-refractivity contribution in [2.24, 2.45) is 0 Å². The summed E-state index contributed by atoms with van der Waals surface area (Å²) in [5, 5.41) is 0. The predicted octanol–water partition coefficient (Wildman–Crippen LogP) is 2.11. The second-order valence-electron chi connectivity index (χ2n) is 2.45. The monoisotopic (exact) mass is 176 g/mol. The molecule has 12 heavy (non-hydrogen) atoms. The van der Waals surface area contributed by atoms with Crippen LogP contribution in [-0.4, -0.2) is 9.97 Å². The van der Waals surface area contributed by atoms with Gasteiger partial charge >= 0.3 is 6.18 Å². The Morgan fingerprint density at radius 1 is 1.25 bits per heavy atom. The Labute approximate surface area is 67.5 Å². The van der Waals surface area contributed by atoms with E-state index < -0.39 is 11.9 Å². The van der Waals surface area contributed by atoms with E-state index >= 15 is 0 Å². The summed E-state index contributed by atoms with van der Waals surface area (Å²) in [5.41, 5.74) is -0.803. The molecule has 0 aliphatic rings. The molecule has 0 unspecified atom stereocenters. The van der Waals surface area contributed by atoms with E-state index in [2.05, 4.69) is 9.97 Å². The van der Waals surface area contributed by atoms with Gasteiger partial charge in [-0.15, -0.1) is 0 Å². The van der Waals surface area contributed by atoms with E-state index in [0.29, 0.717) is 0 Å². The van der Waals surface area contributed by atoms with Crippen molar-refractivity contribution in [3.63, 3.8) is 0 Å². The Bertz CT molecular complexity index is 293. The number of nitrogens with zero attached hydrogens (tertiary/aromatic N) is 2. The summed E-state index contributed by atoms with van der Waals surface area (Å²) in [6, 6.07) is 0. The number of alkyl halides is 3. The van der Waals surface area contributed by atoms with Crippen LogP contribution in [0.4, 0.5) is 13.2 Å². The predicted molar refractivity (Wildman–Crippen MR) is 36.5 cm³/mol. The normalized spacial score (nSPS) is 11.8. The van der Waals surface area contributed by atoms with E-state index in [4.69, 9.17) is 0 Å². The number of rotatable bonds is 0. The summed E-state index contributed by atoms with van der Waals surface area (Å²) in [6.45, 7) is 2.76. The van der Waals surface area contributed by atoms with Crippen LogP contribution < -0.4 is 0 Å². The summed E-state index contributed by atoms with van der Waals surface area (Å²) in [5.74, 6) is 0.132. The third kappa shape index (κ3) is 1.72. The maximum absolute atomic E-state index is 12.1. The summed E-state index contributed by atoms with van der Waals surface area (Å²) in [4.78, 5) is 6.95. The number of hydrogen-bond acceptors (Lipinski definition) is 2. The minimum Gasteiger partial charge on any atom is -0.241 e. The van der Waals surface area contributed by atoms with Gasteiger partial charge in [0.05, 0.1) is 0 Å². The molecule has 0 radical (unpaired) electrons. The van der Waals surface area contributed by atoms with Crippen molar-refractivity contribution in [1.29, 1.82) is 0 Å². The summed E-state index contributed by atoms with van der Waals surface area (Å²) in [7, 11) is 0. The number of aryl methyl sites for hydroxylation is 2. The Hall–Kier alpha value is -1.13. The molecule has 5 heteroatoms. The second-order valence-corrected chi connectivity index (χ2v) is 2.45. The zero-order chi connectivity index (χ0) is 9.35. The largest absolute Gasteiger partial charge is 0.433 e. The first-order valence-electron chi connectivity index (χ1n) is 3.28. The van der Waals surface area contributed by atoms with Gasteiger partial charge in [-0.1, -0.05) is 0 Å². The van der Waals surface area contributed by atoms with Gasteiger partial charge in [0.1, 0.15) is 5.82 Å². The molecular weight excluding hydrogens is 169 g/mol. The van der Waals surface area contributed by atoms with Crippen molar-refractivity contribution in [2.75, 3.05) is 0 Å². The van der Waals surface area contributed by atoms with Crippen molar-refractivity contribution >= 4 is 0 Å². The topological polar surface area (TPSA) is 25.8 Å². The molecule has 1 aromatic rings. The lowest BCUT2D eigenvalue weighted by atomic mass is 10.2. The van der Waals surface area contributed by atoms with Crippen LogP contribution in [0.25, 0.3) is 0 Å². The molecular formula is C7H7F3N2. The lowest BCUT2D eigenvalue weighted by Crippen LogP contribution is -2.11. The molecule has 0 aliphatic heterocycles. The van der Waals surface area contributed by atoms with Gasteiger partial charge in [-0.3, -0.25) is 0 Å². The first kappa shape index (κ1) is 8.96. The van der Waals surface area contributed by atoms with Crippen molar-refractivity contribution in [3.05, 3.63) is 23.3 Å². The molecule has 0 aromatic carbocycles. The van der Waals surface area contributed by atoms with Gasteiger partial charge in [-0.25, -0.2) is 9.97 Å². The van der Waals surface area contributed by atoms with E-state index in [-0.39, 0.29) is 11.4 Å². The van der Waals surface area contributed by atoms with E-state index in [9.17, 15) is 13.2 Å². The van der Waals surface area contributed by atoms with Crippen LogP contribution in [0.2, 0.25) is 0 Å². The lowest BCUT2D eigenvalue weighted by molar-refractivity contribution is -0.141. The maximum atomic E-state index is 12.1. The van der Waals surface area contributed by atoms with E-state index in [1.807, 2.05) is 0 Å². The van der Waals surface area contributed by atoms with Crippen LogP contribution >= 0.6 is 0 Å². The molecule has 0 amide bonds. The fraction of sp³-hybridized carbons (Fsp3) is 0.429. The highest BCUT2D eigenvalue weighted by Gasteiger charge is 2.34. The molecule has 1 rings (SSSR count). The summed E-state index contributed by atoms with van der Waals surface area (Å²) >= 11 is 0. The smallest absolute Gasteiger partial charge is 0.241 e. The van der Waals surface area contributed by atoms with Crippen LogP contribution in [0.3, 0.4) is 0 Å². The van der Waals surface area contributed by atoms with Gasteiger partial charge in [0.2, 0.25) is 0 Å². The quantitative estimate of drug-likeness (QED) is 0.605. The zero-order valence-corrected chi connectivity index (χ0v) is 6.61. The molecule has 0 fully saturated rings. The highest BCUT2D eigenvalue weighted by atomic mass is 19.4. The SMILES string of the molecule is Cc1ncc(C)c(C(F)(F)F)n1. The number of hydrogen-bond donors (Lipinski definition) is 0. The van der Waals surface area contributed by atoms with Gasteiger partial charge in [0.25, 0.3) is 0 Å². The average Bonchev–Trinajstić information content (AvgIpc) is 1.92. The Morgan fingerprint density at radius 3 is 2.25 bits per heavy atom.